The highest BCUT2D eigenvalue weighted by molar-refractivity contribution is 7.11. The first kappa shape index (κ1) is 13.8. The molecule has 104 valence electrons. The minimum atomic E-state index is -0.353. The van der Waals surface area contributed by atoms with Gasteiger partial charge in [0.2, 0.25) is 0 Å². The van der Waals surface area contributed by atoms with Crippen molar-refractivity contribution < 1.29 is 9.31 Å². The van der Waals surface area contributed by atoms with E-state index in [2.05, 4.69) is 44.2 Å². The maximum Gasteiger partial charge on any atom is 0.498 e. The van der Waals surface area contributed by atoms with Gasteiger partial charge in [-0.15, -0.1) is 0 Å². The molecule has 0 radical (unpaired) electrons. The molecule has 0 spiro atoms. The molecule has 2 aromatic rings. The zero-order valence-corrected chi connectivity index (χ0v) is 13.0. The van der Waals surface area contributed by atoms with Crippen LogP contribution in [0.15, 0.2) is 36.5 Å². The topological polar surface area (TPSA) is 31.4 Å². The molecule has 1 aromatic carbocycles. The van der Waals surface area contributed by atoms with E-state index in [1.165, 1.54) is 11.5 Å². The normalized spacial score (nSPS) is 20.3. The minimum Gasteiger partial charge on any atom is -0.399 e. The molecule has 0 N–H and O–H groups in total. The lowest BCUT2D eigenvalue weighted by molar-refractivity contribution is 0.00578. The number of rotatable bonds is 2. The summed E-state index contributed by atoms with van der Waals surface area (Å²) in [5, 5.41) is 0. The van der Waals surface area contributed by atoms with Gasteiger partial charge in [0, 0.05) is 11.7 Å². The van der Waals surface area contributed by atoms with Gasteiger partial charge in [-0.1, -0.05) is 30.3 Å². The van der Waals surface area contributed by atoms with Gasteiger partial charge in [-0.3, -0.25) is 0 Å². The number of hydrogen-bond donors (Lipinski definition) is 0. The van der Waals surface area contributed by atoms with E-state index >= 15 is 0 Å². The fourth-order valence-electron chi connectivity index (χ4n) is 2.19. The van der Waals surface area contributed by atoms with Crippen LogP contribution in [0.5, 0.6) is 0 Å². The zero-order valence-electron chi connectivity index (χ0n) is 12.2. The molecule has 1 saturated heterocycles. The van der Waals surface area contributed by atoms with Crippen LogP contribution in [0.4, 0.5) is 0 Å². The SMILES string of the molecule is CC1(C)OB(c2cnsc2-c2ccccc2)OC1(C)C. The summed E-state index contributed by atoms with van der Waals surface area (Å²) in [5.41, 5.74) is 1.51. The molecular weight excluding hydrogens is 269 g/mol. The quantitative estimate of drug-likeness (QED) is 0.795. The summed E-state index contributed by atoms with van der Waals surface area (Å²) < 4.78 is 16.6. The summed E-state index contributed by atoms with van der Waals surface area (Å²) in [6.07, 6.45) is 1.86. The Labute approximate surface area is 124 Å². The van der Waals surface area contributed by atoms with Gasteiger partial charge in [-0.25, -0.2) is 4.37 Å². The number of aromatic nitrogens is 1. The van der Waals surface area contributed by atoms with Crippen LogP contribution >= 0.6 is 11.5 Å². The molecule has 0 unspecified atom stereocenters. The molecule has 3 rings (SSSR count). The Morgan fingerprint density at radius 1 is 1.00 bits per heavy atom. The van der Waals surface area contributed by atoms with Crippen LogP contribution in [-0.2, 0) is 9.31 Å². The second-order valence-electron chi connectivity index (χ2n) is 6.06. The lowest BCUT2D eigenvalue weighted by Gasteiger charge is -2.32. The highest BCUT2D eigenvalue weighted by atomic mass is 32.1. The van der Waals surface area contributed by atoms with Crippen molar-refractivity contribution in [2.75, 3.05) is 0 Å². The van der Waals surface area contributed by atoms with Crippen LogP contribution in [-0.4, -0.2) is 22.7 Å². The van der Waals surface area contributed by atoms with E-state index in [9.17, 15) is 0 Å². The summed E-state index contributed by atoms with van der Waals surface area (Å²) in [6, 6.07) is 10.2. The van der Waals surface area contributed by atoms with Gasteiger partial charge in [0.1, 0.15) is 0 Å². The highest BCUT2D eigenvalue weighted by Gasteiger charge is 2.52. The Morgan fingerprint density at radius 3 is 2.20 bits per heavy atom. The minimum absolute atomic E-state index is 0.326. The van der Waals surface area contributed by atoms with Gasteiger partial charge in [0.15, 0.2) is 0 Å². The standard InChI is InChI=1S/C15H18BNO2S/c1-14(2)15(3,4)19-16(18-14)12-10-17-20-13(12)11-8-6-5-7-9-11/h5-10H,1-4H3. The van der Waals surface area contributed by atoms with Crippen molar-refractivity contribution in [3.63, 3.8) is 0 Å². The van der Waals surface area contributed by atoms with Gasteiger partial charge in [0.05, 0.1) is 16.1 Å². The van der Waals surface area contributed by atoms with Crippen LogP contribution in [0.3, 0.4) is 0 Å². The molecule has 20 heavy (non-hydrogen) atoms. The molecule has 0 aliphatic carbocycles. The van der Waals surface area contributed by atoms with Crippen molar-refractivity contribution in [1.82, 2.24) is 4.37 Å². The number of hydrogen-bond acceptors (Lipinski definition) is 4. The van der Waals surface area contributed by atoms with Gasteiger partial charge in [-0.2, -0.15) is 0 Å². The fraction of sp³-hybridized carbons (Fsp3) is 0.400. The van der Waals surface area contributed by atoms with Crippen molar-refractivity contribution in [2.24, 2.45) is 0 Å². The third-order valence-corrected chi connectivity index (χ3v) is 5.01. The monoisotopic (exact) mass is 287 g/mol. The maximum atomic E-state index is 6.12. The molecule has 1 fully saturated rings. The number of benzene rings is 1. The van der Waals surface area contributed by atoms with E-state index < -0.39 is 0 Å². The summed E-state index contributed by atoms with van der Waals surface area (Å²) in [6.45, 7) is 8.26. The fourth-order valence-corrected chi connectivity index (χ4v) is 2.96. The first-order valence-corrected chi connectivity index (χ1v) is 7.54. The molecule has 1 aliphatic rings. The first-order valence-electron chi connectivity index (χ1n) is 6.76. The van der Waals surface area contributed by atoms with Crippen molar-refractivity contribution in [3.05, 3.63) is 36.5 Å². The molecule has 1 aliphatic heterocycles. The van der Waals surface area contributed by atoms with Gasteiger partial charge < -0.3 is 9.31 Å². The summed E-state index contributed by atoms with van der Waals surface area (Å²) in [7, 11) is -0.353. The lowest BCUT2D eigenvalue weighted by atomic mass is 9.79. The molecule has 0 atom stereocenters. The molecular formula is C15H18BNO2S. The number of nitrogens with zero attached hydrogens (tertiary/aromatic N) is 1. The summed E-state index contributed by atoms with van der Waals surface area (Å²) in [4.78, 5) is 1.11. The van der Waals surface area contributed by atoms with Gasteiger partial charge in [0.25, 0.3) is 0 Å². The predicted octanol–water partition coefficient (Wildman–Crippen LogP) is 3.11. The second kappa shape index (κ2) is 4.69. The molecule has 3 nitrogen and oxygen atoms in total. The smallest absolute Gasteiger partial charge is 0.399 e. The van der Waals surface area contributed by atoms with Crippen molar-refractivity contribution >= 4 is 24.1 Å². The molecule has 0 saturated carbocycles. The van der Waals surface area contributed by atoms with Crippen LogP contribution in [0, 0.1) is 0 Å². The molecule has 0 amide bonds. The van der Waals surface area contributed by atoms with Crippen LogP contribution < -0.4 is 5.46 Å². The Hall–Kier alpha value is -1.17. The average molecular weight is 287 g/mol. The molecule has 2 heterocycles. The van der Waals surface area contributed by atoms with Crippen molar-refractivity contribution in [3.8, 4) is 10.4 Å². The van der Waals surface area contributed by atoms with Gasteiger partial charge >= 0.3 is 7.12 Å². The maximum absolute atomic E-state index is 6.12. The first-order chi connectivity index (χ1) is 9.41. The summed E-state index contributed by atoms with van der Waals surface area (Å²) >= 11 is 1.48. The highest BCUT2D eigenvalue weighted by Crippen LogP contribution is 2.37. The van der Waals surface area contributed by atoms with Gasteiger partial charge in [-0.05, 0) is 44.8 Å². The van der Waals surface area contributed by atoms with E-state index in [0.717, 1.165) is 15.9 Å². The van der Waals surface area contributed by atoms with E-state index in [1.807, 2.05) is 24.4 Å². The Bertz CT molecular complexity index is 593. The average Bonchev–Trinajstić information content (AvgIpc) is 2.94. The third kappa shape index (κ3) is 2.20. The Kier molecular flexibility index (Phi) is 3.24. The van der Waals surface area contributed by atoms with Crippen LogP contribution in [0.25, 0.3) is 10.4 Å². The van der Waals surface area contributed by atoms with E-state index in [4.69, 9.17) is 9.31 Å². The van der Waals surface area contributed by atoms with E-state index in [-0.39, 0.29) is 18.3 Å². The Balaban J connectivity index is 1.96. The van der Waals surface area contributed by atoms with Crippen molar-refractivity contribution in [1.29, 1.82) is 0 Å². The second-order valence-corrected chi connectivity index (χ2v) is 6.87. The van der Waals surface area contributed by atoms with E-state index in [0.29, 0.717) is 0 Å². The lowest BCUT2D eigenvalue weighted by Crippen LogP contribution is -2.41. The Morgan fingerprint density at radius 2 is 1.60 bits per heavy atom. The summed E-state index contributed by atoms with van der Waals surface area (Å²) in [5.74, 6) is 0. The van der Waals surface area contributed by atoms with Crippen LogP contribution in [0.1, 0.15) is 27.7 Å². The van der Waals surface area contributed by atoms with Crippen LogP contribution in [0.2, 0.25) is 0 Å². The predicted molar refractivity (Wildman–Crippen MR) is 83.3 cm³/mol. The molecule has 1 aromatic heterocycles. The third-order valence-electron chi connectivity index (χ3n) is 4.14. The van der Waals surface area contributed by atoms with Crippen molar-refractivity contribution in [2.45, 2.75) is 38.9 Å². The zero-order chi connectivity index (χ0) is 14.4. The molecule has 0 bridgehead atoms. The molecule has 5 heteroatoms. The van der Waals surface area contributed by atoms with E-state index in [1.54, 1.807) is 0 Å². The largest absolute Gasteiger partial charge is 0.498 e.